The fourth-order valence-corrected chi connectivity index (χ4v) is 3.50. The topological polar surface area (TPSA) is 12.0 Å². The van der Waals surface area contributed by atoms with E-state index in [2.05, 4.69) is 11.4 Å². The van der Waals surface area contributed by atoms with Crippen LogP contribution in [0.1, 0.15) is 62.0 Å². The van der Waals surface area contributed by atoms with Crippen LogP contribution in [0.15, 0.2) is 29.8 Å². The Labute approximate surface area is 136 Å². The van der Waals surface area contributed by atoms with Gasteiger partial charge in [0, 0.05) is 12.7 Å². The highest BCUT2D eigenvalue weighted by atomic mass is 19.4. The van der Waals surface area contributed by atoms with E-state index in [1.807, 2.05) is 6.07 Å². The summed E-state index contributed by atoms with van der Waals surface area (Å²) >= 11 is 0. The Morgan fingerprint density at radius 1 is 1.09 bits per heavy atom. The van der Waals surface area contributed by atoms with Gasteiger partial charge < -0.3 is 5.32 Å². The lowest BCUT2D eigenvalue weighted by molar-refractivity contribution is -0.137. The van der Waals surface area contributed by atoms with Crippen molar-refractivity contribution in [2.75, 3.05) is 12.4 Å². The zero-order chi connectivity index (χ0) is 16.4. The van der Waals surface area contributed by atoms with Crippen LogP contribution in [0.5, 0.6) is 0 Å². The summed E-state index contributed by atoms with van der Waals surface area (Å²) in [6, 6.07) is 4.42. The molecular weight excluding hydrogens is 299 g/mol. The van der Waals surface area contributed by atoms with Gasteiger partial charge in [-0.15, -0.1) is 0 Å². The SMILES string of the molecule is CNc1cc(C2CCC=C(CC3CC3)CC2)cc(C(F)(F)F)c1. The minimum Gasteiger partial charge on any atom is -0.388 e. The summed E-state index contributed by atoms with van der Waals surface area (Å²) in [6.07, 6.45) is 5.87. The number of allylic oxidation sites excluding steroid dienone is 2. The molecule has 4 heteroatoms. The highest BCUT2D eigenvalue weighted by molar-refractivity contribution is 5.50. The van der Waals surface area contributed by atoms with Crippen LogP contribution in [0.4, 0.5) is 18.9 Å². The average molecular weight is 323 g/mol. The average Bonchev–Trinajstić information content (AvgIpc) is 3.34. The third-order valence-corrected chi connectivity index (χ3v) is 5.05. The molecule has 3 rings (SSSR count). The Morgan fingerprint density at radius 2 is 1.87 bits per heavy atom. The molecule has 0 aliphatic heterocycles. The smallest absolute Gasteiger partial charge is 0.388 e. The van der Waals surface area contributed by atoms with Gasteiger partial charge in [-0.25, -0.2) is 0 Å². The lowest BCUT2D eigenvalue weighted by Gasteiger charge is -2.19. The normalized spacial score (nSPS) is 22.4. The van der Waals surface area contributed by atoms with Crippen molar-refractivity contribution in [3.8, 4) is 0 Å². The van der Waals surface area contributed by atoms with Crippen LogP contribution < -0.4 is 5.32 Å². The molecule has 0 amide bonds. The fraction of sp³-hybridized carbons (Fsp3) is 0.579. The van der Waals surface area contributed by atoms with Gasteiger partial charge in [-0.3, -0.25) is 0 Å². The van der Waals surface area contributed by atoms with E-state index in [0.717, 1.165) is 37.2 Å². The van der Waals surface area contributed by atoms with E-state index in [1.54, 1.807) is 7.05 Å². The monoisotopic (exact) mass is 323 g/mol. The zero-order valence-electron chi connectivity index (χ0n) is 13.5. The first-order valence-electron chi connectivity index (χ1n) is 8.53. The largest absolute Gasteiger partial charge is 0.416 e. The summed E-state index contributed by atoms with van der Waals surface area (Å²) in [4.78, 5) is 0. The van der Waals surface area contributed by atoms with Crippen LogP contribution >= 0.6 is 0 Å². The Bertz CT molecular complexity index is 585. The van der Waals surface area contributed by atoms with Crippen molar-refractivity contribution in [3.63, 3.8) is 0 Å². The number of anilines is 1. The summed E-state index contributed by atoms with van der Waals surface area (Å²) < 4.78 is 39.3. The predicted molar refractivity (Wildman–Crippen MR) is 87.6 cm³/mol. The Kier molecular flexibility index (Phi) is 4.69. The minimum atomic E-state index is -4.29. The second kappa shape index (κ2) is 6.58. The predicted octanol–water partition coefficient (Wildman–Crippen LogP) is 6.13. The molecule has 0 bridgehead atoms. The maximum absolute atomic E-state index is 13.1. The number of nitrogens with one attached hydrogen (secondary N) is 1. The van der Waals surface area contributed by atoms with Gasteiger partial charge in [0.2, 0.25) is 0 Å². The molecule has 1 nitrogen and oxygen atoms in total. The van der Waals surface area contributed by atoms with Crippen molar-refractivity contribution in [2.45, 2.75) is 57.0 Å². The Balaban J connectivity index is 1.75. The van der Waals surface area contributed by atoms with Crippen molar-refractivity contribution in [1.29, 1.82) is 0 Å². The first-order valence-corrected chi connectivity index (χ1v) is 8.53. The summed E-state index contributed by atoms with van der Waals surface area (Å²) in [7, 11) is 1.67. The van der Waals surface area contributed by atoms with Gasteiger partial charge in [-0.2, -0.15) is 13.2 Å². The van der Waals surface area contributed by atoms with E-state index in [0.29, 0.717) is 5.69 Å². The fourth-order valence-electron chi connectivity index (χ4n) is 3.50. The van der Waals surface area contributed by atoms with E-state index in [9.17, 15) is 13.2 Å². The number of halogens is 3. The molecular formula is C19H24F3N. The minimum absolute atomic E-state index is 0.220. The maximum atomic E-state index is 13.1. The third kappa shape index (κ3) is 4.30. The van der Waals surface area contributed by atoms with Gasteiger partial charge in [0.25, 0.3) is 0 Å². The number of hydrogen-bond acceptors (Lipinski definition) is 1. The van der Waals surface area contributed by atoms with Gasteiger partial charge in [-0.1, -0.05) is 11.6 Å². The summed E-state index contributed by atoms with van der Waals surface area (Å²) in [5.41, 5.74) is 2.35. The highest BCUT2D eigenvalue weighted by Crippen LogP contribution is 2.41. The number of benzene rings is 1. The molecule has 2 aliphatic rings. The van der Waals surface area contributed by atoms with Crippen LogP contribution in [-0.4, -0.2) is 7.05 Å². The van der Waals surface area contributed by atoms with Gasteiger partial charge in [0.15, 0.2) is 0 Å². The van der Waals surface area contributed by atoms with E-state index in [1.165, 1.54) is 37.0 Å². The first-order chi connectivity index (χ1) is 11.0. The quantitative estimate of drug-likeness (QED) is 0.657. The molecule has 1 aromatic carbocycles. The molecule has 2 aliphatic carbocycles. The standard InChI is InChI=1S/C19H24F3N/c1-23-18-11-16(10-17(12-18)19(20,21)22)15-4-2-3-13(7-8-15)9-14-5-6-14/h3,10-12,14-15,23H,2,4-9H2,1H3. The van der Waals surface area contributed by atoms with E-state index in [4.69, 9.17) is 0 Å². The summed E-state index contributed by atoms with van der Waals surface area (Å²) in [6.45, 7) is 0. The molecule has 0 radical (unpaired) electrons. The van der Waals surface area contributed by atoms with Gasteiger partial charge in [0.05, 0.1) is 5.56 Å². The second-order valence-electron chi connectivity index (χ2n) is 6.91. The molecule has 0 saturated heterocycles. The molecule has 0 spiro atoms. The lowest BCUT2D eigenvalue weighted by Crippen LogP contribution is -2.08. The van der Waals surface area contributed by atoms with Crippen molar-refractivity contribution in [1.82, 2.24) is 0 Å². The maximum Gasteiger partial charge on any atom is 0.416 e. The van der Waals surface area contributed by atoms with Gasteiger partial charge in [0.1, 0.15) is 0 Å². The first kappa shape index (κ1) is 16.4. The van der Waals surface area contributed by atoms with Crippen LogP contribution in [0.2, 0.25) is 0 Å². The summed E-state index contributed by atoms with van der Waals surface area (Å²) in [5.74, 6) is 1.10. The molecule has 1 unspecified atom stereocenters. The van der Waals surface area contributed by atoms with Crippen LogP contribution in [0, 0.1) is 5.92 Å². The van der Waals surface area contributed by atoms with Crippen molar-refractivity contribution >= 4 is 5.69 Å². The van der Waals surface area contributed by atoms with Crippen LogP contribution in [0.25, 0.3) is 0 Å². The van der Waals surface area contributed by atoms with Gasteiger partial charge >= 0.3 is 6.18 Å². The number of rotatable bonds is 4. The van der Waals surface area contributed by atoms with E-state index < -0.39 is 11.7 Å². The Hall–Kier alpha value is -1.45. The van der Waals surface area contributed by atoms with Crippen molar-refractivity contribution in [2.24, 2.45) is 5.92 Å². The lowest BCUT2D eigenvalue weighted by atomic mass is 9.89. The molecule has 126 valence electrons. The third-order valence-electron chi connectivity index (χ3n) is 5.05. The van der Waals surface area contributed by atoms with E-state index in [-0.39, 0.29) is 5.92 Å². The molecule has 0 heterocycles. The van der Waals surface area contributed by atoms with Crippen molar-refractivity contribution < 1.29 is 13.2 Å². The molecule has 0 aromatic heterocycles. The highest BCUT2D eigenvalue weighted by Gasteiger charge is 2.32. The number of alkyl halides is 3. The molecule has 1 aromatic rings. The molecule has 23 heavy (non-hydrogen) atoms. The second-order valence-corrected chi connectivity index (χ2v) is 6.91. The summed E-state index contributed by atoms with van der Waals surface area (Å²) in [5, 5.41) is 2.86. The molecule has 1 fully saturated rings. The van der Waals surface area contributed by atoms with Crippen LogP contribution in [-0.2, 0) is 6.18 Å². The number of hydrogen-bond donors (Lipinski definition) is 1. The van der Waals surface area contributed by atoms with Crippen molar-refractivity contribution in [3.05, 3.63) is 41.0 Å². The van der Waals surface area contributed by atoms with Gasteiger partial charge in [-0.05, 0) is 80.5 Å². The van der Waals surface area contributed by atoms with E-state index >= 15 is 0 Å². The zero-order valence-corrected chi connectivity index (χ0v) is 13.5. The molecule has 1 atom stereocenters. The Morgan fingerprint density at radius 3 is 2.52 bits per heavy atom. The molecule has 1 N–H and O–H groups in total. The molecule has 1 saturated carbocycles. The van der Waals surface area contributed by atoms with Crippen LogP contribution in [0.3, 0.4) is 0 Å².